The molecular formula is C14H25ClN2O2. The van der Waals surface area contributed by atoms with Crippen LogP contribution in [-0.4, -0.2) is 42.8 Å². The number of amides is 1. The van der Waals surface area contributed by atoms with E-state index in [1.54, 1.807) is 0 Å². The zero-order chi connectivity index (χ0) is 13.0. The lowest BCUT2D eigenvalue weighted by Crippen LogP contribution is -2.67. The molecule has 0 aromatic heterocycles. The summed E-state index contributed by atoms with van der Waals surface area (Å²) in [5, 5.41) is 3.46. The average Bonchev–Trinajstić information content (AvgIpc) is 2.55. The molecule has 0 atom stereocenters. The quantitative estimate of drug-likeness (QED) is 0.744. The van der Waals surface area contributed by atoms with Crippen LogP contribution in [0.15, 0.2) is 0 Å². The molecule has 110 valence electrons. The summed E-state index contributed by atoms with van der Waals surface area (Å²) in [7, 11) is 0. The van der Waals surface area contributed by atoms with Crippen LogP contribution in [0, 0.1) is 10.8 Å². The molecule has 3 rings (SSSR count). The highest BCUT2D eigenvalue weighted by molar-refractivity contribution is 5.85. The number of ether oxygens (including phenoxy) is 1. The first-order valence-corrected chi connectivity index (χ1v) is 7.00. The van der Waals surface area contributed by atoms with E-state index in [4.69, 9.17) is 4.74 Å². The molecule has 0 radical (unpaired) electrons. The largest absolute Gasteiger partial charge is 0.444 e. The van der Waals surface area contributed by atoms with E-state index < -0.39 is 0 Å². The molecule has 1 saturated carbocycles. The van der Waals surface area contributed by atoms with Crippen LogP contribution >= 0.6 is 12.4 Å². The topological polar surface area (TPSA) is 41.6 Å². The maximum Gasteiger partial charge on any atom is 0.410 e. The molecule has 0 bridgehead atoms. The molecule has 0 unspecified atom stereocenters. The number of likely N-dealkylation sites (tertiary alicyclic amines) is 1. The fourth-order valence-corrected chi connectivity index (χ4v) is 4.08. The van der Waals surface area contributed by atoms with Crippen molar-refractivity contribution in [1.29, 1.82) is 0 Å². The Bertz CT molecular complexity index is 356. The van der Waals surface area contributed by atoms with Gasteiger partial charge in [-0.05, 0) is 52.0 Å². The van der Waals surface area contributed by atoms with E-state index >= 15 is 0 Å². The van der Waals surface area contributed by atoms with E-state index in [2.05, 4.69) is 5.32 Å². The predicted molar refractivity (Wildman–Crippen MR) is 76.6 cm³/mol. The third-order valence-electron chi connectivity index (χ3n) is 4.54. The van der Waals surface area contributed by atoms with Crippen LogP contribution in [0.5, 0.6) is 0 Å². The van der Waals surface area contributed by atoms with E-state index in [1.165, 1.54) is 32.4 Å². The van der Waals surface area contributed by atoms with Crippen molar-refractivity contribution in [2.75, 3.05) is 26.2 Å². The van der Waals surface area contributed by atoms with Crippen molar-refractivity contribution in [2.45, 2.75) is 45.6 Å². The lowest BCUT2D eigenvalue weighted by molar-refractivity contribution is -0.131. The van der Waals surface area contributed by atoms with Crippen molar-refractivity contribution in [1.82, 2.24) is 10.2 Å². The number of halogens is 1. The summed E-state index contributed by atoms with van der Waals surface area (Å²) in [5.74, 6) is 0. The van der Waals surface area contributed by atoms with Gasteiger partial charge in [-0.3, -0.25) is 0 Å². The molecule has 1 aliphatic carbocycles. The Labute approximate surface area is 121 Å². The van der Waals surface area contributed by atoms with Gasteiger partial charge in [-0.2, -0.15) is 0 Å². The number of hydrogen-bond acceptors (Lipinski definition) is 3. The number of nitrogens with one attached hydrogen (secondary N) is 1. The Hall–Kier alpha value is -0.480. The summed E-state index contributed by atoms with van der Waals surface area (Å²) in [6.07, 6.45) is 3.78. The molecule has 19 heavy (non-hydrogen) atoms. The van der Waals surface area contributed by atoms with Gasteiger partial charge in [0.2, 0.25) is 0 Å². The molecule has 5 heteroatoms. The monoisotopic (exact) mass is 288 g/mol. The van der Waals surface area contributed by atoms with Gasteiger partial charge >= 0.3 is 6.09 Å². The van der Waals surface area contributed by atoms with Crippen LogP contribution < -0.4 is 5.32 Å². The lowest BCUT2D eigenvalue weighted by atomic mass is 9.49. The summed E-state index contributed by atoms with van der Waals surface area (Å²) < 4.78 is 5.40. The molecule has 2 aliphatic heterocycles. The van der Waals surface area contributed by atoms with Gasteiger partial charge in [0.15, 0.2) is 0 Å². The second kappa shape index (κ2) is 4.52. The smallest absolute Gasteiger partial charge is 0.410 e. The molecule has 1 N–H and O–H groups in total. The third-order valence-corrected chi connectivity index (χ3v) is 4.54. The number of nitrogens with zero attached hydrogens (tertiary/aromatic N) is 1. The molecule has 2 heterocycles. The highest BCUT2D eigenvalue weighted by atomic mass is 35.5. The Morgan fingerprint density at radius 1 is 1.21 bits per heavy atom. The summed E-state index contributed by atoms with van der Waals surface area (Å²) in [5.41, 5.74) is 0.624. The lowest BCUT2D eigenvalue weighted by Gasteiger charge is -2.63. The second-order valence-electron chi connectivity index (χ2n) is 7.62. The van der Waals surface area contributed by atoms with Gasteiger partial charge in [0.25, 0.3) is 0 Å². The second-order valence-corrected chi connectivity index (χ2v) is 7.62. The summed E-state index contributed by atoms with van der Waals surface area (Å²) >= 11 is 0. The van der Waals surface area contributed by atoms with Gasteiger partial charge in [0.1, 0.15) is 5.60 Å². The molecule has 1 amide bonds. The Kier molecular flexibility index (Phi) is 3.55. The van der Waals surface area contributed by atoms with Gasteiger partial charge in [-0.25, -0.2) is 4.79 Å². The van der Waals surface area contributed by atoms with Crippen molar-refractivity contribution in [3.8, 4) is 0 Å². The average molecular weight is 289 g/mol. The summed E-state index contributed by atoms with van der Waals surface area (Å²) in [4.78, 5) is 13.7. The van der Waals surface area contributed by atoms with Gasteiger partial charge in [0, 0.05) is 25.0 Å². The fraction of sp³-hybridized carbons (Fsp3) is 0.929. The highest BCUT2D eigenvalue weighted by Gasteiger charge is 2.61. The standard InChI is InChI=1S/C14H24N2O2.ClH/c1-12(2,3)18-11(17)16-9-14(10-16)6-13(7-14)4-5-15-8-13;/h15H,4-10H2,1-3H3;1H. The third kappa shape index (κ3) is 2.70. The van der Waals surface area contributed by atoms with Gasteiger partial charge in [-0.1, -0.05) is 0 Å². The molecule has 2 spiro atoms. The Morgan fingerprint density at radius 2 is 1.84 bits per heavy atom. The predicted octanol–water partition coefficient (Wildman–Crippen LogP) is 2.42. The maximum atomic E-state index is 11.9. The van der Waals surface area contributed by atoms with Crippen molar-refractivity contribution >= 4 is 18.5 Å². The van der Waals surface area contributed by atoms with Crippen molar-refractivity contribution < 1.29 is 9.53 Å². The van der Waals surface area contributed by atoms with Gasteiger partial charge < -0.3 is 15.0 Å². The molecule has 2 saturated heterocycles. The van der Waals surface area contributed by atoms with Crippen molar-refractivity contribution in [2.24, 2.45) is 10.8 Å². The van der Waals surface area contributed by atoms with Crippen LogP contribution in [0.1, 0.15) is 40.0 Å². The first-order chi connectivity index (χ1) is 8.32. The first kappa shape index (κ1) is 14.9. The minimum atomic E-state index is -0.379. The molecule has 3 fully saturated rings. The van der Waals surface area contributed by atoms with Crippen LogP contribution in [0.4, 0.5) is 4.79 Å². The number of carbonyl (C=O) groups is 1. The Balaban J connectivity index is 0.00000133. The summed E-state index contributed by atoms with van der Waals surface area (Å²) in [6, 6.07) is 0. The van der Waals surface area contributed by atoms with E-state index in [0.717, 1.165) is 13.1 Å². The highest BCUT2D eigenvalue weighted by Crippen LogP contribution is 2.61. The zero-order valence-electron chi connectivity index (χ0n) is 12.1. The van der Waals surface area contributed by atoms with Crippen LogP contribution in [0.25, 0.3) is 0 Å². The SMILES string of the molecule is CC(C)(C)OC(=O)N1CC2(C1)CC1(CCNC1)C2.Cl. The number of hydrogen-bond donors (Lipinski definition) is 1. The molecule has 3 aliphatic rings. The van der Waals surface area contributed by atoms with E-state index in [-0.39, 0.29) is 24.1 Å². The fourth-order valence-electron chi connectivity index (χ4n) is 4.08. The normalized spacial score (nSPS) is 26.6. The van der Waals surface area contributed by atoms with E-state index in [9.17, 15) is 4.79 Å². The van der Waals surface area contributed by atoms with Crippen molar-refractivity contribution in [3.63, 3.8) is 0 Å². The van der Waals surface area contributed by atoms with Gasteiger partial charge in [-0.15, -0.1) is 12.4 Å². The Morgan fingerprint density at radius 3 is 2.32 bits per heavy atom. The molecule has 4 nitrogen and oxygen atoms in total. The molecule has 0 aromatic rings. The molecular weight excluding hydrogens is 264 g/mol. The van der Waals surface area contributed by atoms with Gasteiger partial charge in [0.05, 0.1) is 0 Å². The first-order valence-electron chi connectivity index (χ1n) is 7.00. The van der Waals surface area contributed by atoms with Crippen LogP contribution in [-0.2, 0) is 4.74 Å². The van der Waals surface area contributed by atoms with Crippen LogP contribution in [0.3, 0.4) is 0 Å². The minimum absolute atomic E-state index is 0. The minimum Gasteiger partial charge on any atom is -0.444 e. The number of rotatable bonds is 0. The van der Waals surface area contributed by atoms with Crippen LogP contribution in [0.2, 0.25) is 0 Å². The number of carbonyl (C=O) groups excluding carboxylic acids is 1. The maximum absolute atomic E-state index is 11.9. The zero-order valence-corrected chi connectivity index (χ0v) is 12.9. The molecule has 0 aromatic carbocycles. The van der Waals surface area contributed by atoms with E-state index in [0.29, 0.717) is 10.8 Å². The van der Waals surface area contributed by atoms with E-state index in [1.807, 2.05) is 25.7 Å². The van der Waals surface area contributed by atoms with Crippen molar-refractivity contribution in [3.05, 3.63) is 0 Å². The summed E-state index contributed by atoms with van der Waals surface area (Å²) in [6.45, 7) is 9.93.